The van der Waals surface area contributed by atoms with E-state index in [1.807, 2.05) is 0 Å². The van der Waals surface area contributed by atoms with E-state index in [1.165, 1.54) is 0 Å². The third kappa shape index (κ3) is 3.95. The largest absolute Gasteiger partial charge is 0.480 e. The van der Waals surface area contributed by atoms with Crippen LogP contribution in [0.15, 0.2) is 0 Å². The van der Waals surface area contributed by atoms with Crippen molar-refractivity contribution in [3.63, 3.8) is 0 Å². The maximum absolute atomic E-state index is 12.1. The van der Waals surface area contributed by atoms with Crippen molar-refractivity contribution in [3.05, 3.63) is 0 Å². The molecule has 0 aromatic carbocycles. The molecule has 0 unspecified atom stereocenters. The van der Waals surface area contributed by atoms with Gasteiger partial charge < -0.3 is 15.7 Å². The van der Waals surface area contributed by atoms with Crippen molar-refractivity contribution < 1.29 is 14.7 Å². The van der Waals surface area contributed by atoms with Crippen molar-refractivity contribution in [2.24, 2.45) is 5.92 Å². The Morgan fingerprint density at radius 2 is 1.80 bits per heavy atom. The third-order valence-corrected chi connectivity index (χ3v) is 4.73. The van der Waals surface area contributed by atoms with Gasteiger partial charge in [0.1, 0.15) is 5.54 Å². The van der Waals surface area contributed by atoms with Crippen LogP contribution in [0, 0.1) is 5.92 Å². The van der Waals surface area contributed by atoms with E-state index >= 15 is 0 Å². The lowest BCUT2D eigenvalue weighted by molar-refractivity contribution is -0.149. The van der Waals surface area contributed by atoms with E-state index in [4.69, 9.17) is 0 Å². The van der Waals surface area contributed by atoms with Gasteiger partial charge in [0.2, 0.25) is 5.91 Å². The van der Waals surface area contributed by atoms with Gasteiger partial charge in [-0.05, 0) is 51.1 Å². The number of hydrogen-bond donors (Lipinski definition) is 3. The lowest BCUT2D eigenvalue weighted by atomic mass is 9.81. The monoisotopic (exact) mass is 282 g/mol. The van der Waals surface area contributed by atoms with Gasteiger partial charge in [-0.1, -0.05) is 19.3 Å². The summed E-state index contributed by atoms with van der Waals surface area (Å²) in [4.78, 5) is 23.6. The van der Waals surface area contributed by atoms with Crippen molar-refractivity contribution in [3.8, 4) is 0 Å². The number of rotatable bonds is 5. The zero-order valence-corrected chi connectivity index (χ0v) is 12.1. The van der Waals surface area contributed by atoms with E-state index in [-0.39, 0.29) is 5.91 Å². The smallest absolute Gasteiger partial charge is 0.329 e. The number of carboxylic acid groups (broad SMARTS) is 1. The number of piperidine rings is 1. The molecule has 0 bridgehead atoms. The molecule has 1 saturated carbocycles. The summed E-state index contributed by atoms with van der Waals surface area (Å²) in [5.41, 5.74) is -0.997. The minimum absolute atomic E-state index is 0.0900. The van der Waals surface area contributed by atoms with Crippen LogP contribution in [-0.2, 0) is 9.59 Å². The Balaban J connectivity index is 1.80. The molecule has 1 aliphatic heterocycles. The summed E-state index contributed by atoms with van der Waals surface area (Å²) in [7, 11) is 0. The third-order valence-electron chi connectivity index (χ3n) is 4.73. The second-order valence-corrected chi connectivity index (χ2v) is 6.23. The molecule has 0 spiro atoms. The Morgan fingerprint density at radius 3 is 2.40 bits per heavy atom. The minimum atomic E-state index is -0.997. The van der Waals surface area contributed by atoms with Crippen LogP contribution in [0.2, 0.25) is 0 Å². The number of aliphatic carboxylic acids is 1. The Hall–Kier alpha value is -1.10. The quantitative estimate of drug-likeness (QED) is 0.717. The van der Waals surface area contributed by atoms with E-state index in [1.54, 1.807) is 0 Å². The number of amides is 1. The van der Waals surface area contributed by atoms with E-state index in [0.717, 1.165) is 51.6 Å². The summed E-state index contributed by atoms with van der Waals surface area (Å²) in [5, 5.41) is 15.6. The molecule has 2 rings (SSSR count). The van der Waals surface area contributed by atoms with Gasteiger partial charge in [0.05, 0.1) is 0 Å². The predicted octanol–water partition coefficient (Wildman–Crippen LogP) is 1.67. The zero-order valence-electron chi connectivity index (χ0n) is 12.1. The number of carbonyl (C=O) groups is 2. The molecule has 5 nitrogen and oxygen atoms in total. The van der Waals surface area contributed by atoms with Crippen LogP contribution in [0.1, 0.15) is 57.8 Å². The summed E-state index contributed by atoms with van der Waals surface area (Å²) in [6.07, 6.45) is 7.57. The molecule has 2 aliphatic rings. The summed E-state index contributed by atoms with van der Waals surface area (Å²) in [6, 6.07) is 0. The predicted molar refractivity (Wildman–Crippen MR) is 76.4 cm³/mol. The number of hydrogen-bond acceptors (Lipinski definition) is 3. The van der Waals surface area contributed by atoms with Crippen molar-refractivity contribution in [2.75, 3.05) is 13.1 Å². The lowest BCUT2D eigenvalue weighted by Gasteiger charge is -2.34. The first-order valence-electron chi connectivity index (χ1n) is 7.87. The Morgan fingerprint density at radius 1 is 1.15 bits per heavy atom. The molecule has 0 atom stereocenters. The van der Waals surface area contributed by atoms with E-state index < -0.39 is 11.5 Å². The topological polar surface area (TPSA) is 78.4 Å². The van der Waals surface area contributed by atoms with Crippen molar-refractivity contribution in [1.29, 1.82) is 0 Å². The Kier molecular flexibility index (Phi) is 5.40. The van der Waals surface area contributed by atoms with Gasteiger partial charge in [-0.2, -0.15) is 0 Å². The second-order valence-electron chi connectivity index (χ2n) is 6.23. The SMILES string of the molecule is O=C(CCC1CCNCC1)NC1(C(=O)O)CCCCC1. The molecule has 1 saturated heterocycles. The first kappa shape index (κ1) is 15.3. The van der Waals surface area contributed by atoms with E-state index in [9.17, 15) is 14.7 Å². The average molecular weight is 282 g/mol. The zero-order chi connectivity index (χ0) is 14.4. The van der Waals surface area contributed by atoms with Gasteiger partial charge >= 0.3 is 5.97 Å². The van der Waals surface area contributed by atoms with Crippen LogP contribution in [0.5, 0.6) is 0 Å². The Bertz CT molecular complexity index is 345. The van der Waals surface area contributed by atoms with Gasteiger partial charge in [0.25, 0.3) is 0 Å². The normalized spacial score (nSPS) is 23.2. The minimum Gasteiger partial charge on any atom is -0.480 e. The maximum atomic E-state index is 12.1. The summed E-state index contributed by atoms with van der Waals surface area (Å²) in [5.74, 6) is -0.352. The van der Waals surface area contributed by atoms with Crippen LogP contribution in [0.3, 0.4) is 0 Å². The molecular weight excluding hydrogens is 256 g/mol. The molecule has 114 valence electrons. The van der Waals surface area contributed by atoms with Crippen LogP contribution in [0.25, 0.3) is 0 Å². The van der Waals surface area contributed by atoms with Crippen LogP contribution >= 0.6 is 0 Å². The standard InChI is InChI=1S/C15H26N2O3/c18-13(5-4-12-6-10-16-11-7-12)17-15(14(19)20)8-2-1-3-9-15/h12,16H,1-11H2,(H,17,18)(H,19,20). The molecule has 1 aliphatic carbocycles. The molecule has 3 N–H and O–H groups in total. The second kappa shape index (κ2) is 7.07. The fraction of sp³-hybridized carbons (Fsp3) is 0.867. The number of carbonyl (C=O) groups excluding carboxylic acids is 1. The highest BCUT2D eigenvalue weighted by atomic mass is 16.4. The van der Waals surface area contributed by atoms with Crippen molar-refractivity contribution in [1.82, 2.24) is 10.6 Å². The van der Waals surface area contributed by atoms with Crippen molar-refractivity contribution in [2.45, 2.75) is 63.3 Å². The lowest BCUT2D eigenvalue weighted by Crippen LogP contribution is -2.55. The van der Waals surface area contributed by atoms with Gasteiger partial charge in [-0.3, -0.25) is 4.79 Å². The molecular formula is C15H26N2O3. The Labute approximate surface area is 120 Å². The molecule has 20 heavy (non-hydrogen) atoms. The number of nitrogens with one attached hydrogen (secondary N) is 2. The van der Waals surface area contributed by atoms with Crippen LogP contribution < -0.4 is 10.6 Å². The van der Waals surface area contributed by atoms with Crippen LogP contribution in [0.4, 0.5) is 0 Å². The average Bonchev–Trinajstić information content (AvgIpc) is 2.47. The van der Waals surface area contributed by atoms with E-state index in [0.29, 0.717) is 25.2 Å². The first-order chi connectivity index (χ1) is 9.62. The fourth-order valence-electron chi connectivity index (χ4n) is 3.38. The highest BCUT2D eigenvalue weighted by molar-refractivity contribution is 5.87. The van der Waals surface area contributed by atoms with Gasteiger partial charge in [-0.25, -0.2) is 4.79 Å². The van der Waals surface area contributed by atoms with Gasteiger partial charge in [0.15, 0.2) is 0 Å². The molecule has 2 fully saturated rings. The highest BCUT2D eigenvalue weighted by Crippen LogP contribution is 2.29. The first-order valence-corrected chi connectivity index (χ1v) is 7.87. The fourth-order valence-corrected chi connectivity index (χ4v) is 3.38. The molecule has 1 amide bonds. The summed E-state index contributed by atoms with van der Waals surface area (Å²) in [6.45, 7) is 2.07. The number of carboxylic acids is 1. The van der Waals surface area contributed by atoms with Crippen LogP contribution in [-0.4, -0.2) is 35.6 Å². The molecule has 0 aromatic heterocycles. The van der Waals surface area contributed by atoms with Gasteiger partial charge in [0, 0.05) is 6.42 Å². The molecule has 0 aromatic rings. The molecule has 0 radical (unpaired) electrons. The molecule has 1 heterocycles. The van der Waals surface area contributed by atoms with Crippen molar-refractivity contribution >= 4 is 11.9 Å². The summed E-state index contributed by atoms with van der Waals surface area (Å²) >= 11 is 0. The summed E-state index contributed by atoms with van der Waals surface area (Å²) < 4.78 is 0. The van der Waals surface area contributed by atoms with Gasteiger partial charge in [-0.15, -0.1) is 0 Å². The maximum Gasteiger partial charge on any atom is 0.329 e. The highest BCUT2D eigenvalue weighted by Gasteiger charge is 2.40. The van der Waals surface area contributed by atoms with E-state index in [2.05, 4.69) is 10.6 Å². The molecule has 5 heteroatoms.